The average molecular weight is 537 g/mol. The summed E-state index contributed by atoms with van der Waals surface area (Å²) in [5.74, 6) is -6.18. The van der Waals surface area contributed by atoms with E-state index in [0.29, 0.717) is 5.56 Å². The summed E-state index contributed by atoms with van der Waals surface area (Å²) >= 11 is 0. The Balaban J connectivity index is 3.13. The monoisotopic (exact) mass is 536 g/mol. The average Bonchev–Trinajstić information content (AvgIpc) is 2.83. The predicted octanol–water partition coefficient (Wildman–Crippen LogP) is -0.129. The number of carboxylic acids is 3. The molecule has 0 aliphatic rings. The van der Waals surface area contributed by atoms with Crippen LogP contribution in [0.5, 0.6) is 0 Å². The van der Waals surface area contributed by atoms with Gasteiger partial charge in [-0.25, -0.2) is 4.79 Å². The molecular weight excluding hydrogens is 500 g/mol. The summed E-state index contributed by atoms with van der Waals surface area (Å²) in [6.07, 6.45) is -1.28. The number of amides is 3. The molecule has 0 aromatic heterocycles. The Bertz CT molecular complexity index is 984. The van der Waals surface area contributed by atoms with Gasteiger partial charge in [-0.1, -0.05) is 44.2 Å². The lowest BCUT2D eigenvalue weighted by atomic mass is 10.0. The lowest BCUT2D eigenvalue weighted by Gasteiger charge is -2.25. The van der Waals surface area contributed by atoms with E-state index in [1.807, 2.05) is 0 Å². The van der Waals surface area contributed by atoms with Crippen LogP contribution in [-0.4, -0.2) is 75.1 Å². The number of nitrogens with two attached hydrogens (primary N) is 1. The van der Waals surface area contributed by atoms with Crippen LogP contribution >= 0.6 is 0 Å². The maximum absolute atomic E-state index is 13.1. The highest BCUT2D eigenvalue weighted by Crippen LogP contribution is 2.09. The first-order valence-electron chi connectivity index (χ1n) is 12.2. The Labute approximate surface area is 220 Å². The van der Waals surface area contributed by atoms with Crippen molar-refractivity contribution >= 4 is 35.6 Å². The molecule has 0 heterocycles. The van der Waals surface area contributed by atoms with Gasteiger partial charge in [0.2, 0.25) is 17.7 Å². The maximum Gasteiger partial charge on any atom is 0.326 e. The van der Waals surface area contributed by atoms with E-state index in [4.69, 9.17) is 15.9 Å². The molecule has 3 amide bonds. The van der Waals surface area contributed by atoms with Crippen LogP contribution in [0.15, 0.2) is 30.3 Å². The number of carboxylic acid groups (broad SMARTS) is 3. The lowest BCUT2D eigenvalue weighted by molar-refractivity contribution is -0.143. The van der Waals surface area contributed by atoms with Crippen LogP contribution in [-0.2, 0) is 35.2 Å². The van der Waals surface area contributed by atoms with Crippen LogP contribution in [0.25, 0.3) is 0 Å². The zero-order chi connectivity index (χ0) is 28.8. The van der Waals surface area contributed by atoms with Crippen molar-refractivity contribution in [2.75, 3.05) is 0 Å². The molecule has 38 heavy (non-hydrogen) atoms. The van der Waals surface area contributed by atoms with E-state index in [9.17, 15) is 33.9 Å². The van der Waals surface area contributed by atoms with Crippen LogP contribution in [0, 0.1) is 5.92 Å². The molecule has 210 valence electrons. The number of nitrogens with one attached hydrogen (secondary N) is 3. The number of rotatable bonds is 17. The second kappa shape index (κ2) is 16.0. The Morgan fingerprint density at radius 1 is 0.737 bits per heavy atom. The molecule has 1 aromatic rings. The van der Waals surface area contributed by atoms with E-state index < -0.39 is 66.2 Å². The maximum atomic E-state index is 13.1. The second-order valence-electron chi connectivity index (χ2n) is 9.31. The number of carbonyl (C=O) groups is 6. The minimum absolute atomic E-state index is 0.00977. The van der Waals surface area contributed by atoms with Crippen molar-refractivity contribution < 1.29 is 44.1 Å². The molecular formula is C25H36N4O9. The summed E-state index contributed by atoms with van der Waals surface area (Å²) in [7, 11) is 0. The lowest BCUT2D eigenvalue weighted by Crippen LogP contribution is -2.57. The van der Waals surface area contributed by atoms with Crippen molar-refractivity contribution in [1.82, 2.24) is 16.0 Å². The van der Waals surface area contributed by atoms with Crippen molar-refractivity contribution in [1.29, 1.82) is 0 Å². The number of aliphatic carboxylic acids is 3. The van der Waals surface area contributed by atoms with Gasteiger partial charge in [-0.3, -0.25) is 24.0 Å². The minimum Gasteiger partial charge on any atom is -0.481 e. The SMILES string of the molecule is CC(C)CC(NC(=O)C(Cc1ccccc1)NC(=O)C(CCC(=O)O)NC(=O)C(N)CCC(=O)O)C(=O)O. The molecule has 4 unspecified atom stereocenters. The van der Waals surface area contributed by atoms with Crippen molar-refractivity contribution in [3.63, 3.8) is 0 Å². The van der Waals surface area contributed by atoms with Gasteiger partial charge < -0.3 is 37.0 Å². The fourth-order valence-electron chi connectivity index (χ4n) is 3.52. The van der Waals surface area contributed by atoms with E-state index in [2.05, 4.69) is 16.0 Å². The van der Waals surface area contributed by atoms with Gasteiger partial charge in [-0.05, 0) is 30.7 Å². The summed E-state index contributed by atoms with van der Waals surface area (Å²) < 4.78 is 0. The van der Waals surface area contributed by atoms with Crippen LogP contribution < -0.4 is 21.7 Å². The van der Waals surface area contributed by atoms with Crippen LogP contribution in [0.2, 0.25) is 0 Å². The third-order valence-electron chi connectivity index (χ3n) is 5.52. The summed E-state index contributed by atoms with van der Waals surface area (Å²) in [6, 6.07) is 3.51. The standard InChI is InChI=1S/C25H36N4O9/c1-14(2)12-19(25(37)38)29-24(36)18(13-15-6-4-3-5-7-15)28-23(35)17(9-11-21(32)33)27-22(34)16(26)8-10-20(30)31/h3-7,14,16-19H,8-13,26H2,1-2H3,(H,27,34)(H,28,35)(H,29,36)(H,30,31)(H,32,33)(H,37,38). The molecule has 0 radical (unpaired) electrons. The van der Waals surface area contributed by atoms with Crippen molar-refractivity contribution in [2.45, 2.75) is 76.5 Å². The Morgan fingerprint density at radius 3 is 1.76 bits per heavy atom. The molecule has 0 fully saturated rings. The highest BCUT2D eigenvalue weighted by Gasteiger charge is 2.31. The molecule has 4 atom stereocenters. The molecule has 8 N–H and O–H groups in total. The summed E-state index contributed by atoms with van der Waals surface area (Å²) in [4.78, 5) is 72.2. The van der Waals surface area contributed by atoms with E-state index in [-0.39, 0.29) is 38.0 Å². The zero-order valence-corrected chi connectivity index (χ0v) is 21.4. The molecule has 0 bridgehead atoms. The quantitative estimate of drug-likeness (QED) is 0.140. The topological polar surface area (TPSA) is 225 Å². The van der Waals surface area contributed by atoms with Crippen LogP contribution in [0.4, 0.5) is 0 Å². The highest BCUT2D eigenvalue weighted by atomic mass is 16.4. The van der Waals surface area contributed by atoms with Gasteiger partial charge in [0.25, 0.3) is 0 Å². The first-order chi connectivity index (χ1) is 17.8. The number of hydrogen-bond donors (Lipinski definition) is 7. The summed E-state index contributed by atoms with van der Waals surface area (Å²) in [6.45, 7) is 3.59. The number of carbonyl (C=O) groups excluding carboxylic acids is 3. The fourth-order valence-corrected chi connectivity index (χ4v) is 3.52. The van der Waals surface area contributed by atoms with E-state index in [0.717, 1.165) is 0 Å². The summed E-state index contributed by atoms with van der Waals surface area (Å²) in [5.41, 5.74) is 6.36. The third-order valence-corrected chi connectivity index (χ3v) is 5.52. The Hall–Kier alpha value is -4.00. The first kappa shape index (κ1) is 32.0. The number of benzene rings is 1. The van der Waals surface area contributed by atoms with Crippen molar-refractivity contribution in [2.24, 2.45) is 11.7 Å². The van der Waals surface area contributed by atoms with E-state index >= 15 is 0 Å². The molecule has 13 nitrogen and oxygen atoms in total. The van der Waals surface area contributed by atoms with Gasteiger partial charge in [0.15, 0.2) is 0 Å². The molecule has 1 aromatic carbocycles. The first-order valence-corrected chi connectivity index (χ1v) is 12.2. The van der Waals surface area contributed by atoms with Crippen molar-refractivity contribution in [3.8, 4) is 0 Å². The molecule has 0 spiro atoms. The van der Waals surface area contributed by atoms with Gasteiger partial charge in [0, 0.05) is 19.3 Å². The normalized spacial score (nSPS) is 14.0. The van der Waals surface area contributed by atoms with Gasteiger partial charge in [-0.2, -0.15) is 0 Å². The Kier molecular flexibility index (Phi) is 13.5. The van der Waals surface area contributed by atoms with E-state index in [1.54, 1.807) is 44.2 Å². The molecule has 1 rings (SSSR count). The Morgan fingerprint density at radius 2 is 1.24 bits per heavy atom. The van der Waals surface area contributed by atoms with E-state index in [1.165, 1.54) is 0 Å². The fraction of sp³-hybridized carbons (Fsp3) is 0.520. The smallest absolute Gasteiger partial charge is 0.326 e. The summed E-state index contributed by atoms with van der Waals surface area (Å²) in [5, 5.41) is 34.6. The van der Waals surface area contributed by atoms with Crippen molar-refractivity contribution in [3.05, 3.63) is 35.9 Å². The molecule has 0 saturated heterocycles. The molecule has 13 heteroatoms. The van der Waals surface area contributed by atoms with Gasteiger partial charge in [0.05, 0.1) is 6.04 Å². The van der Waals surface area contributed by atoms with Gasteiger partial charge in [-0.15, -0.1) is 0 Å². The van der Waals surface area contributed by atoms with Gasteiger partial charge >= 0.3 is 17.9 Å². The third kappa shape index (κ3) is 12.3. The second-order valence-corrected chi connectivity index (χ2v) is 9.31. The molecule has 0 aliphatic carbocycles. The van der Waals surface area contributed by atoms with Gasteiger partial charge in [0.1, 0.15) is 18.1 Å². The molecule has 0 saturated carbocycles. The largest absolute Gasteiger partial charge is 0.481 e. The predicted molar refractivity (Wildman–Crippen MR) is 135 cm³/mol. The molecule has 0 aliphatic heterocycles. The zero-order valence-electron chi connectivity index (χ0n) is 21.4. The van der Waals surface area contributed by atoms with Crippen LogP contribution in [0.1, 0.15) is 51.5 Å². The minimum atomic E-state index is -1.40. The highest BCUT2D eigenvalue weighted by molar-refractivity contribution is 5.94. The number of hydrogen-bond acceptors (Lipinski definition) is 7. The van der Waals surface area contributed by atoms with Crippen LogP contribution in [0.3, 0.4) is 0 Å².